The first-order chi connectivity index (χ1) is 16.6. The van der Waals surface area contributed by atoms with Gasteiger partial charge in [-0.3, -0.25) is 9.59 Å². The molecule has 0 radical (unpaired) electrons. The lowest BCUT2D eigenvalue weighted by Gasteiger charge is -2.26. The van der Waals surface area contributed by atoms with E-state index in [1.807, 2.05) is 43.3 Å². The number of benzene rings is 2. The number of aromatic nitrogens is 2. The van der Waals surface area contributed by atoms with E-state index in [1.165, 1.54) is 5.01 Å². The number of likely N-dealkylation sites (N-methyl/N-ethyl adjacent to an activating group) is 1. The van der Waals surface area contributed by atoms with Gasteiger partial charge in [0.25, 0.3) is 5.89 Å². The Bertz CT molecular complexity index is 1240. The second kappa shape index (κ2) is 9.34. The first-order valence-electron chi connectivity index (χ1n) is 11.0. The molecule has 0 fully saturated rings. The lowest BCUT2D eigenvalue weighted by molar-refractivity contribution is -0.141. The summed E-state index contributed by atoms with van der Waals surface area (Å²) in [6.45, 7) is 2.93. The molecule has 2 amide bonds. The van der Waals surface area contributed by atoms with Crippen molar-refractivity contribution in [1.29, 1.82) is 0 Å². The van der Waals surface area contributed by atoms with E-state index in [0.29, 0.717) is 48.1 Å². The lowest BCUT2D eigenvalue weighted by Crippen LogP contribution is -2.42. The summed E-state index contributed by atoms with van der Waals surface area (Å²) in [7, 11) is 0. The Kier molecular flexibility index (Phi) is 5.94. The molecule has 10 heteroatoms. The Morgan fingerprint density at radius 3 is 2.74 bits per heavy atom. The molecule has 5 rings (SSSR count). The molecule has 174 valence electrons. The van der Waals surface area contributed by atoms with Crippen LogP contribution < -0.4 is 9.47 Å². The first-order valence-corrected chi connectivity index (χ1v) is 11.0. The van der Waals surface area contributed by atoms with Crippen LogP contribution in [0.15, 0.2) is 58.2 Å². The molecule has 1 aromatic heterocycles. The van der Waals surface area contributed by atoms with Crippen LogP contribution >= 0.6 is 0 Å². The fraction of sp³-hybridized carbons (Fsp3) is 0.292. The third-order valence-corrected chi connectivity index (χ3v) is 5.64. The van der Waals surface area contributed by atoms with Crippen LogP contribution in [0.4, 0.5) is 0 Å². The smallest absolute Gasteiger partial charge is 0.274 e. The van der Waals surface area contributed by atoms with Crippen LogP contribution in [0.25, 0.3) is 11.4 Å². The van der Waals surface area contributed by atoms with Crippen molar-refractivity contribution in [3.8, 4) is 22.9 Å². The second-order valence-corrected chi connectivity index (χ2v) is 7.88. The minimum Gasteiger partial charge on any atom is -0.454 e. The molecule has 0 saturated heterocycles. The maximum absolute atomic E-state index is 12.9. The monoisotopic (exact) mass is 461 g/mol. The van der Waals surface area contributed by atoms with E-state index in [2.05, 4.69) is 15.2 Å². The van der Waals surface area contributed by atoms with Gasteiger partial charge in [0, 0.05) is 31.5 Å². The summed E-state index contributed by atoms with van der Waals surface area (Å²) in [5, 5.41) is 9.61. The fourth-order valence-electron chi connectivity index (χ4n) is 3.78. The van der Waals surface area contributed by atoms with Gasteiger partial charge in [-0.1, -0.05) is 35.5 Å². The molecule has 34 heavy (non-hydrogen) atoms. The molecule has 2 aromatic carbocycles. The molecule has 0 aliphatic carbocycles. The maximum Gasteiger partial charge on any atom is 0.274 e. The van der Waals surface area contributed by atoms with Gasteiger partial charge < -0.3 is 18.9 Å². The van der Waals surface area contributed by atoms with Crippen molar-refractivity contribution < 1.29 is 23.6 Å². The number of amides is 2. The van der Waals surface area contributed by atoms with Gasteiger partial charge in [-0.05, 0) is 30.7 Å². The summed E-state index contributed by atoms with van der Waals surface area (Å²) in [5.41, 5.74) is 2.20. The molecule has 10 nitrogen and oxygen atoms in total. The quantitative estimate of drug-likeness (QED) is 0.532. The van der Waals surface area contributed by atoms with Crippen LogP contribution in [0.2, 0.25) is 0 Å². The van der Waals surface area contributed by atoms with Crippen molar-refractivity contribution in [3.05, 3.63) is 60.0 Å². The summed E-state index contributed by atoms with van der Waals surface area (Å²) >= 11 is 0. The lowest BCUT2D eigenvalue weighted by atomic mass is 10.1. The number of hydrogen-bond acceptors (Lipinski definition) is 8. The van der Waals surface area contributed by atoms with Crippen LogP contribution in [0, 0.1) is 0 Å². The van der Waals surface area contributed by atoms with Gasteiger partial charge in [0.2, 0.25) is 24.4 Å². The molecule has 2 aliphatic heterocycles. The highest BCUT2D eigenvalue weighted by Crippen LogP contribution is 2.35. The normalized spacial score (nSPS) is 14.8. The van der Waals surface area contributed by atoms with Crippen molar-refractivity contribution in [2.24, 2.45) is 5.10 Å². The number of carbonyl (C=O) groups is 2. The molecule has 0 saturated carbocycles. The fourth-order valence-corrected chi connectivity index (χ4v) is 3.78. The Morgan fingerprint density at radius 1 is 1.09 bits per heavy atom. The Hall–Kier alpha value is -4.21. The van der Waals surface area contributed by atoms with Gasteiger partial charge in [0.1, 0.15) is 12.3 Å². The number of carbonyl (C=O) groups excluding carboxylic acids is 2. The highest BCUT2D eigenvalue weighted by atomic mass is 16.7. The van der Waals surface area contributed by atoms with Gasteiger partial charge >= 0.3 is 0 Å². The summed E-state index contributed by atoms with van der Waals surface area (Å²) in [4.78, 5) is 31.5. The van der Waals surface area contributed by atoms with Crippen LogP contribution in [-0.2, 0) is 16.1 Å². The molecular weight excluding hydrogens is 438 g/mol. The average Bonchev–Trinajstić information content (AvgIpc) is 3.54. The zero-order chi connectivity index (χ0) is 23.5. The average molecular weight is 461 g/mol. The van der Waals surface area contributed by atoms with Crippen molar-refractivity contribution >= 4 is 17.5 Å². The Morgan fingerprint density at radius 2 is 1.91 bits per heavy atom. The van der Waals surface area contributed by atoms with Crippen LogP contribution in [0.3, 0.4) is 0 Å². The third-order valence-electron chi connectivity index (χ3n) is 5.64. The molecular formula is C24H23N5O5. The van der Waals surface area contributed by atoms with Crippen LogP contribution in [0.1, 0.15) is 31.2 Å². The SMILES string of the molecule is CCN(Cc1ccccc1)C(=O)CN1N=C(c2nc(-c3ccc4c(c3)OCO4)no2)CCC1=O. The largest absolute Gasteiger partial charge is 0.454 e. The first kappa shape index (κ1) is 21.6. The van der Waals surface area contributed by atoms with Crippen molar-refractivity contribution in [1.82, 2.24) is 20.0 Å². The molecule has 2 aliphatic rings. The van der Waals surface area contributed by atoms with Gasteiger partial charge in [0.15, 0.2) is 11.5 Å². The van der Waals surface area contributed by atoms with E-state index < -0.39 is 0 Å². The van der Waals surface area contributed by atoms with E-state index in [0.717, 1.165) is 5.56 Å². The molecule has 0 unspecified atom stereocenters. The predicted molar refractivity (Wildman–Crippen MR) is 121 cm³/mol. The molecule has 3 heterocycles. The van der Waals surface area contributed by atoms with Crippen molar-refractivity contribution in [3.63, 3.8) is 0 Å². The number of fused-ring (bicyclic) bond motifs is 1. The van der Waals surface area contributed by atoms with E-state index in [-0.39, 0.29) is 37.5 Å². The van der Waals surface area contributed by atoms with Crippen molar-refractivity contribution in [2.45, 2.75) is 26.3 Å². The minimum atomic E-state index is -0.219. The molecule has 3 aromatic rings. The topological polar surface area (TPSA) is 110 Å². The van der Waals surface area contributed by atoms with Crippen LogP contribution in [-0.4, -0.2) is 57.5 Å². The van der Waals surface area contributed by atoms with Gasteiger partial charge in [-0.15, -0.1) is 0 Å². The number of nitrogens with zero attached hydrogens (tertiary/aromatic N) is 5. The third kappa shape index (κ3) is 4.47. The standard InChI is InChI=1S/C24H23N5O5/c1-2-28(13-16-6-4-3-5-7-16)22(31)14-29-21(30)11-9-18(26-29)24-25-23(27-34-24)17-8-10-19-20(12-17)33-15-32-19/h3-8,10,12H,2,9,11,13-15H2,1H3. The Balaban J connectivity index is 1.30. The van der Waals surface area contributed by atoms with E-state index in [1.54, 1.807) is 17.0 Å². The number of rotatable bonds is 7. The highest BCUT2D eigenvalue weighted by molar-refractivity contribution is 6.01. The number of hydrogen-bond donors (Lipinski definition) is 0. The summed E-state index contributed by atoms with van der Waals surface area (Å²) in [5.74, 6) is 1.46. The maximum atomic E-state index is 12.9. The molecule has 0 N–H and O–H groups in total. The number of ether oxygens (including phenoxy) is 2. The van der Waals surface area contributed by atoms with E-state index >= 15 is 0 Å². The van der Waals surface area contributed by atoms with Gasteiger partial charge in [0.05, 0.1) is 0 Å². The van der Waals surface area contributed by atoms with Gasteiger partial charge in [-0.25, -0.2) is 5.01 Å². The second-order valence-electron chi connectivity index (χ2n) is 7.88. The Labute approximate surface area is 195 Å². The predicted octanol–water partition coefficient (Wildman–Crippen LogP) is 2.84. The summed E-state index contributed by atoms with van der Waals surface area (Å²) in [6.07, 6.45) is 0.562. The summed E-state index contributed by atoms with van der Waals surface area (Å²) in [6, 6.07) is 15.1. The van der Waals surface area contributed by atoms with E-state index in [9.17, 15) is 9.59 Å². The molecule has 0 bridgehead atoms. The highest BCUT2D eigenvalue weighted by Gasteiger charge is 2.28. The zero-order valence-electron chi connectivity index (χ0n) is 18.6. The van der Waals surface area contributed by atoms with Crippen molar-refractivity contribution in [2.75, 3.05) is 19.9 Å². The van der Waals surface area contributed by atoms with Crippen LogP contribution in [0.5, 0.6) is 11.5 Å². The van der Waals surface area contributed by atoms with Gasteiger partial charge in [-0.2, -0.15) is 10.1 Å². The molecule has 0 spiro atoms. The molecule has 0 atom stereocenters. The number of hydrazone groups is 1. The summed E-state index contributed by atoms with van der Waals surface area (Å²) < 4.78 is 16.1. The minimum absolute atomic E-state index is 0.147. The zero-order valence-corrected chi connectivity index (χ0v) is 18.6. The van der Waals surface area contributed by atoms with E-state index in [4.69, 9.17) is 14.0 Å².